The second-order valence-electron chi connectivity index (χ2n) is 5.97. The van der Waals surface area contributed by atoms with Gasteiger partial charge in [-0.25, -0.2) is 0 Å². The zero-order chi connectivity index (χ0) is 15.4. The van der Waals surface area contributed by atoms with Crippen LogP contribution in [0.2, 0.25) is 0 Å². The van der Waals surface area contributed by atoms with Gasteiger partial charge in [0.1, 0.15) is 0 Å². The van der Waals surface area contributed by atoms with Gasteiger partial charge in [0.2, 0.25) is 5.91 Å². The zero-order valence-electron chi connectivity index (χ0n) is 13.2. The topological polar surface area (TPSA) is 20.3 Å². The highest BCUT2D eigenvalue weighted by Gasteiger charge is 2.19. The summed E-state index contributed by atoms with van der Waals surface area (Å²) in [5.74, 6) is 0.587. The summed E-state index contributed by atoms with van der Waals surface area (Å²) >= 11 is 1.70. The monoisotopic (exact) mass is 301 g/mol. The molecule has 0 N–H and O–H groups in total. The molecule has 1 aromatic heterocycles. The SMILES string of the molecule is CC(C)CN(C)C(=O)C(C)c1ccc(-c2ccsc2)cc1. The van der Waals surface area contributed by atoms with E-state index in [0.717, 1.165) is 12.1 Å². The lowest BCUT2D eigenvalue weighted by atomic mass is 9.97. The van der Waals surface area contributed by atoms with Crippen molar-refractivity contribution >= 4 is 17.2 Å². The third kappa shape index (κ3) is 3.94. The van der Waals surface area contributed by atoms with Crippen molar-refractivity contribution < 1.29 is 4.79 Å². The second-order valence-corrected chi connectivity index (χ2v) is 6.75. The molecule has 1 unspecified atom stereocenters. The predicted octanol–water partition coefficient (Wildman–Crippen LogP) is 4.63. The van der Waals surface area contributed by atoms with Gasteiger partial charge in [0.05, 0.1) is 5.92 Å². The Bertz CT molecular complexity index is 572. The van der Waals surface area contributed by atoms with E-state index < -0.39 is 0 Å². The van der Waals surface area contributed by atoms with E-state index >= 15 is 0 Å². The number of thiophene rings is 1. The number of rotatable bonds is 5. The summed E-state index contributed by atoms with van der Waals surface area (Å²) in [4.78, 5) is 14.3. The number of benzene rings is 1. The molecular formula is C18H23NOS. The molecular weight excluding hydrogens is 278 g/mol. The molecule has 0 aliphatic heterocycles. The van der Waals surface area contributed by atoms with Gasteiger partial charge < -0.3 is 4.90 Å². The average molecular weight is 301 g/mol. The first-order valence-electron chi connectivity index (χ1n) is 7.36. The smallest absolute Gasteiger partial charge is 0.229 e. The molecule has 0 bridgehead atoms. The maximum atomic E-state index is 12.4. The van der Waals surface area contributed by atoms with Gasteiger partial charge in [0.15, 0.2) is 0 Å². The van der Waals surface area contributed by atoms with Crippen LogP contribution in [-0.2, 0) is 4.79 Å². The first-order chi connectivity index (χ1) is 9.99. The van der Waals surface area contributed by atoms with Crippen molar-refractivity contribution in [2.75, 3.05) is 13.6 Å². The van der Waals surface area contributed by atoms with Gasteiger partial charge in [-0.05, 0) is 46.4 Å². The molecule has 1 atom stereocenters. The molecule has 1 heterocycles. The summed E-state index contributed by atoms with van der Waals surface area (Å²) < 4.78 is 0. The summed E-state index contributed by atoms with van der Waals surface area (Å²) in [6, 6.07) is 10.5. The molecule has 0 aliphatic carbocycles. The molecule has 1 aromatic carbocycles. The van der Waals surface area contributed by atoms with Crippen molar-refractivity contribution in [1.29, 1.82) is 0 Å². The maximum Gasteiger partial charge on any atom is 0.229 e. The number of hydrogen-bond donors (Lipinski definition) is 0. The van der Waals surface area contributed by atoms with Gasteiger partial charge in [0.25, 0.3) is 0 Å². The maximum absolute atomic E-state index is 12.4. The zero-order valence-corrected chi connectivity index (χ0v) is 14.0. The Kier molecular flexibility index (Phi) is 5.18. The number of nitrogens with zero attached hydrogens (tertiary/aromatic N) is 1. The van der Waals surface area contributed by atoms with Crippen molar-refractivity contribution in [3.05, 3.63) is 46.7 Å². The molecule has 0 saturated heterocycles. The Morgan fingerprint density at radius 1 is 1.10 bits per heavy atom. The number of carbonyl (C=O) groups is 1. The quantitative estimate of drug-likeness (QED) is 0.788. The van der Waals surface area contributed by atoms with Crippen LogP contribution in [0.5, 0.6) is 0 Å². The van der Waals surface area contributed by atoms with E-state index in [9.17, 15) is 4.79 Å². The van der Waals surface area contributed by atoms with Gasteiger partial charge in [-0.15, -0.1) is 0 Å². The van der Waals surface area contributed by atoms with Crippen molar-refractivity contribution in [1.82, 2.24) is 4.90 Å². The van der Waals surface area contributed by atoms with Gasteiger partial charge in [-0.2, -0.15) is 11.3 Å². The minimum atomic E-state index is -0.0923. The van der Waals surface area contributed by atoms with Crippen LogP contribution < -0.4 is 0 Å². The van der Waals surface area contributed by atoms with Gasteiger partial charge in [-0.1, -0.05) is 38.1 Å². The molecule has 112 valence electrons. The lowest BCUT2D eigenvalue weighted by molar-refractivity contribution is -0.131. The summed E-state index contributed by atoms with van der Waals surface area (Å²) in [6.45, 7) is 7.04. The Morgan fingerprint density at radius 2 is 1.76 bits per heavy atom. The van der Waals surface area contributed by atoms with Crippen LogP contribution in [0, 0.1) is 5.92 Å². The fourth-order valence-corrected chi connectivity index (χ4v) is 3.17. The van der Waals surface area contributed by atoms with Crippen molar-refractivity contribution in [3.63, 3.8) is 0 Å². The molecule has 2 aromatic rings. The number of carbonyl (C=O) groups excluding carboxylic acids is 1. The normalized spacial score (nSPS) is 12.4. The molecule has 1 amide bonds. The van der Waals surface area contributed by atoms with E-state index in [4.69, 9.17) is 0 Å². The highest BCUT2D eigenvalue weighted by Crippen LogP contribution is 2.25. The van der Waals surface area contributed by atoms with Gasteiger partial charge in [-0.3, -0.25) is 4.79 Å². The largest absolute Gasteiger partial charge is 0.345 e. The predicted molar refractivity (Wildman–Crippen MR) is 90.6 cm³/mol. The highest BCUT2D eigenvalue weighted by molar-refractivity contribution is 7.08. The van der Waals surface area contributed by atoms with Crippen LogP contribution in [0.15, 0.2) is 41.1 Å². The standard InChI is InChI=1S/C18H23NOS/c1-13(2)11-19(4)18(20)14(3)15-5-7-16(8-6-15)17-9-10-21-12-17/h5-10,12-14H,11H2,1-4H3. The molecule has 0 fully saturated rings. The molecule has 0 saturated carbocycles. The van der Waals surface area contributed by atoms with Crippen LogP contribution in [0.4, 0.5) is 0 Å². The fourth-order valence-electron chi connectivity index (χ4n) is 2.50. The van der Waals surface area contributed by atoms with E-state index in [1.807, 2.05) is 18.9 Å². The summed E-state index contributed by atoms with van der Waals surface area (Å²) in [6.07, 6.45) is 0. The van der Waals surface area contributed by atoms with E-state index in [1.54, 1.807) is 11.3 Å². The van der Waals surface area contributed by atoms with Crippen molar-refractivity contribution in [2.24, 2.45) is 5.92 Å². The molecule has 0 radical (unpaired) electrons. The number of likely N-dealkylation sites (N-methyl/N-ethyl adjacent to an activating group) is 1. The average Bonchev–Trinajstić information content (AvgIpc) is 2.99. The van der Waals surface area contributed by atoms with E-state index in [-0.39, 0.29) is 11.8 Å². The first-order valence-corrected chi connectivity index (χ1v) is 8.31. The molecule has 0 spiro atoms. The molecule has 21 heavy (non-hydrogen) atoms. The minimum Gasteiger partial charge on any atom is -0.345 e. The van der Waals surface area contributed by atoms with Crippen LogP contribution in [0.25, 0.3) is 11.1 Å². The lowest BCUT2D eigenvalue weighted by Crippen LogP contribution is -2.33. The first kappa shape index (κ1) is 15.8. The third-order valence-electron chi connectivity index (χ3n) is 3.65. The summed E-state index contributed by atoms with van der Waals surface area (Å²) in [7, 11) is 1.89. The molecule has 2 rings (SSSR count). The van der Waals surface area contributed by atoms with Crippen LogP contribution >= 0.6 is 11.3 Å². The van der Waals surface area contributed by atoms with E-state index in [1.165, 1.54) is 11.1 Å². The van der Waals surface area contributed by atoms with Crippen LogP contribution in [0.3, 0.4) is 0 Å². The number of amides is 1. The number of hydrogen-bond acceptors (Lipinski definition) is 2. The Labute approximate surface area is 131 Å². The highest BCUT2D eigenvalue weighted by atomic mass is 32.1. The third-order valence-corrected chi connectivity index (χ3v) is 4.33. The molecule has 0 aliphatic rings. The summed E-state index contributed by atoms with van der Waals surface area (Å²) in [5.41, 5.74) is 3.52. The van der Waals surface area contributed by atoms with E-state index in [0.29, 0.717) is 5.92 Å². The van der Waals surface area contributed by atoms with Crippen LogP contribution in [0.1, 0.15) is 32.3 Å². The van der Waals surface area contributed by atoms with E-state index in [2.05, 4.69) is 54.9 Å². The fraction of sp³-hybridized carbons (Fsp3) is 0.389. The van der Waals surface area contributed by atoms with Crippen molar-refractivity contribution in [2.45, 2.75) is 26.7 Å². The molecule has 3 heteroatoms. The second kappa shape index (κ2) is 6.90. The van der Waals surface area contributed by atoms with Gasteiger partial charge >= 0.3 is 0 Å². The minimum absolute atomic E-state index is 0.0923. The Hall–Kier alpha value is -1.61. The summed E-state index contributed by atoms with van der Waals surface area (Å²) in [5, 5.41) is 4.22. The lowest BCUT2D eigenvalue weighted by Gasteiger charge is -2.23. The Balaban J connectivity index is 2.09. The Morgan fingerprint density at radius 3 is 2.29 bits per heavy atom. The molecule has 2 nitrogen and oxygen atoms in total. The van der Waals surface area contributed by atoms with Gasteiger partial charge in [0, 0.05) is 13.6 Å². The van der Waals surface area contributed by atoms with Crippen LogP contribution in [-0.4, -0.2) is 24.4 Å². The van der Waals surface area contributed by atoms with Crippen molar-refractivity contribution in [3.8, 4) is 11.1 Å².